The Hall–Kier alpha value is -1.84. The third kappa shape index (κ3) is 2.11. The number of H-pyrrole nitrogens is 1. The van der Waals surface area contributed by atoms with Gasteiger partial charge in [0.05, 0.1) is 10.6 Å². The molecule has 0 saturated heterocycles. The minimum Gasteiger partial charge on any atom is -0.345 e. The van der Waals surface area contributed by atoms with Crippen molar-refractivity contribution in [1.29, 1.82) is 0 Å². The molecule has 3 nitrogen and oxygen atoms in total. The monoisotopic (exact) mass is 290 g/mol. The minimum absolute atomic E-state index is 0.113. The first-order valence-electron chi connectivity index (χ1n) is 5.58. The smallest absolute Gasteiger partial charge is 0.195 e. The van der Waals surface area contributed by atoms with E-state index in [0.29, 0.717) is 32.2 Å². The number of aromatic amines is 1. The first-order chi connectivity index (χ1) is 9.16. The third-order valence-electron chi connectivity index (χ3n) is 2.87. The van der Waals surface area contributed by atoms with E-state index in [2.05, 4.69) is 9.97 Å². The molecule has 0 aliphatic rings. The van der Waals surface area contributed by atoms with Crippen molar-refractivity contribution >= 4 is 40.0 Å². The molecule has 3 aromatic rings. The summed E-state index contributed by atoms with van der Waals surface area (Å²) in [7, 11) is 0. The van der Waals surface area contributed by atoms with Gasteiger partial charge < -0.3 is 4.98 Å². The number of halogens is 2. The molecule has 0 aliphatic carbocycles. The first-order valence-corrected chi connectivity index (χ1v) is 6.34. The lowest BCUT2D eigenvalue weighted by atomic mass is 10.0. The van der Waals surface area contributed by atoms with Crippen molar-refractivity contribution in [1.82, 2.24) is 9.97 Å². The van der Waals surface area contributed by atoms with Crippen LogP contribution >= 0.6 is 23.2 Å². The Bertz CT molecular complexity index is 763. The number of hydrogen-bond donors (Lipinski definition) is 1. The molecule has 1 N–H and O–H groups in total. The summed E-state index contributed by atoms with van der Waals surface area (Å²) >= 11 is 11.9. The van der Waals surface area contributed by atoms with E-state index in [9.17, 15) is 4.79 Å². The number of ketones is 1. The second kappa shape index (κ2) is 4.68. The number of fused-ring (bicyclic) bond motifs is 1. The fourth-order valence-electron chi connectivity index (χ4n) is 1.95. The number of rotatable bonds is 2. The van der Waals surface area contributed by atoms with E-state index in [1.54, 1.807) is 42.7 Å². The largest absolute Gasteiger partial charge is 0.345 e. The molecule has 0 fully saturated rings. The second-order valence-electron chi connectivity index (χ2n) is 4.05. The Morgan fingerprint density at radius 1 is 1.11 bits per heavy atom. The van der Waals surface area contributed by atoms with Gasteiger partial charge in [-0.25, -0.2) is 4.98 Å². The summed E-state index contributed by atoms with van der Waals surface area (Å²) in [5.41, 5.74) is 1.67. The number of pyridine rings is 1. The Morgan fingerprint density at radius 2 is 1.84 bits per heavy atom. The van der Waals surface area contributed by atoms with Crippen LogP contribution in [0.2, 0.25) is 10.0 Å². The number of aromatic nitrogens is 2. The summed E-state index contributed by atoms with van der Waals surface area (Å²) < 4.78 is 0. The van der Waals surface area contributed by atoms with Crippen molar-refractivity contribution in [3.05, 3.63) is 63.9 Å². The zero-order valence-corrected chi connectivity index (χ0v) is 11.2. The average molecular weight is 291 g/mol. The van der Waals surface area contributed by atoms with Gasteiger partial charge in [-0.15, -0.1) is 0 Å². The lowest BCUT2D eigenvalue weighted by Gasteiger charge is -2.01. The van der Waals surface area contributed by atoms with Crippen LogP contribution in [0.25, 0.3) is 11.0 Å². The van der Waals surface area contributed by atoms with Crippen LogP contribution in [0.15, 0.2) is 42.7 Å². The predicted octanol–water partition coefficient (Wildman–Crippen LogP) is 4.10. The van der Waals surface area contributed by atoms with Gasteiger partial charge in [-0.05, 0) is 30.3 Å². The molecule has 0 aliphatic heterocycles. The highest BCUT2D eigenvalue weighted by atomic mass is 35.5. The molecular weight excluding hydrogens is 283 g/mol. The molecule has 19 heavy (non-hydrogen) atoms. The van der Waals surface area contributed by atoms with E-state index in [-0.39, 0.29) is 5.78 Å². The molecule has 3 rings (SSSR count). The molecule has 94 valence electrons. The maximum atomic E-state index is 12.4. The van der Waals surface area contributed by atoms with Crippen molar-refractivity contribution in [2.75, 3.05) is 0 Å². The quantitative estimate of drug-likeness (QED) is 0.722. The van der Waals surface area contributed by atoms with Gasteiger partial charge in [-0.3, -0.25) is 4.79 Å². The first kappa shape index (κ1) is 12.2. The molecule has 0 radical (unpaired) electrons. The van der Waals surface area contributed by atoms with E-state index >= 15 is 0 Å². The lowest BCUT2D eigenvalue weighted by molar-refractivity contribution is 0.104. The van der Waals surface area contributed by atoms with E-state index in [0.717, 1.165) is 0 Å². The van der Waals surface area contributed by atoms with Crippen LogP contribution in [0.3, 0.4) is 0 Å². The van der Waals surface area contributed by atoms with Crippen LogP contribution in [0.5, 0.6) is 0 Å². The summed E-state index contributed by atoms with van der Waals surface area (Å²) in [6, 6.07) is 8.41. The van der Waals surface area contributed by atoms with Gasteiger partial charge in [-0.1, -0.05) is 23.2 Å². The number of nitrogens with one attached hydrogen (secondary N) is 1. The number of nitrogens with zero attached hydrogens (tertiary/aromatic N) is 1. The molecule has 2 heterocycles. The SMILES string of the molecule is O=C(c1ccc(Cl)cc1)c1c[nH]c2nccc(Cl)c12. The topological polar surface area (TPSA) is 45.8 Å². The fourth-order valence-corrected chi connectivity index (χ4v) is 2.33. The highest BCUT2D eigenvalue weighted by Gasteiger charge is 2.16. The molecule has 2 aromatic heterocycles. The number of carbonyl (C=O) groups is 1. The van der Waals surface area contributed by atoms with Crippen molar-refractivity contribution in [2.24, 2.45) is 0 Å². The van der Waals surface area contributed by atoms with Gasteiger partial charge in [-0.2, -0.15) is 0 Å². The van der Waals surface area contributed by atoms with Crippen LogP contribution in [0.4, 0.5) is 0 Å². The fraction of sp³-hybridized carbons (Fsp3) is 0. The highest BCUT2D eigenvalue weighted by Crippen LogP contribution is 2.27. The predicted molar refractivity (Wildman–Crippen MR) is 76.0 cm³/mol. The van der Waals surface area contributed by atoms with Gasteiger partial charge >= 0.3 is 0 Å². The van der Waals surface area contributed by atoms with Crippen molar-refractivity contribution in [3.8, 4) is 0 Å². The molecule has 0 unspecified atom stereocenters. The molecule has 1 aromatic carbocycles. The third-order valence-corrected chi connectivity index (χ3v) is 3.44. The van der Waals surface area contributed by atoms with Crippen LogP contribution in [-0.4, -0.2) is 15.8 Å². The van der Waals surface area contributed by atoms with Crippen LogP contribution in [0.1, 0.15) is 15.9 Å². The summed E-state index contributed by atoms with van der Waals surface area (Å²) in [4.78, 5) is 19.5. The number of benzene rings is 1. The van der Waals surface area contributed by atoms with Crippen molar-refractivity contribution in [2.45, 2.75) is 0 Å². The Morgan fingerprint density at radius 3 is 2.58 bits per heavy atom. The Kier molecular flexibility index (Phi) is 3.01. The van der Waals surface area contributed by atoms with E-state index in [1.807, 2.05) is 0 Å². The molecule has 0 atom stereocenters. The number of carbonyl (C=O) groups excluding carboxylic acids is 1. The summed E-state index contributed by atoms with van der Waals surface area (Å²) in [5.74, 6) is -0.113. The van der Waals surface area contributed by atoms with Gasteiger partial charge in [0.25, 0.3) is 0 Å². The van der Waals surface area contributed by atoms with Gasteiger partial charge in [0.15, 0.2) is 5.78 Å². The van der Waals surface area contributed by atoms with Gasteiger partial charge in [0.1, 0.15) is 5.65 Å². The molecule has 5 heteroatoms. The second-order valence-corrected chi connectivity index (χ2v) is 4.90. The van der Waals surface area contributed by atoms with E-state index in [1.165, 1.54) is 0 Å². The Balaban J connectivity index is 2.14. The standard InChI is InChI=1S/C14H8Cl2N2O/c15-9-3-1-8(2-4-9)13(19)10-7-18-14-12(10)11(16)5-6-17-14/h1-7H,(H,17,18). The average Bonchev–Trinajstić information content (AvgIpc) is 2.84. The Labute approximate surface area is 119 Å². The number of hydrogen-bond acceptors (Lipinski definition) is 2. The van der Waals surface area contributed by atoms with E-state index in [4.69, 9.17) is 23.2 Å². The molecule has 0 spiro atoms. The van der Waals surface area contributed by atoms with Gasteiger partial charge in [0.2, 0.25) is 0 Å². The van der Waals surface area contributed by atoms with Gasteiger partial charge in [0, 0.05) is 28.4 Å². The maximum Gasteiger partial charge on any atom is 0.195 e. The van der Waals surface area contributed by atoms with Crippen molar-refractivity contribution in [3.63, 3.8) is 0 Å². The minimum atomic E-state index is -0.113. The molecule has 0 saturated carbocycles. The van der Waals surface area contributed by atoms with E-state index < -0.39 is 0 Å². The molecule has 0 amide bonds. The molecular formula is C14H8Cl2N2O. The zero-order valence-electron chi connectivity index (χ0n) is 9.65. The maximum absolute atomic E-state index is 12.4. The van der Waals surface area contributed by atoms with Crippen LogP contribution < -0.4 is 0 Å². The lowest BCUT2D eigenvalue weighted by Crippen LogP contribution is -2.00. The van der Waals surface area contributed by atoms with Crippen LogP contribution in [-0.2, 0) is 0 Å². The normalized spacial score (nSPS) is 10.8. The zero-order chi connectivity index (χ0) is 13.4. The van der Waals surface area contributed by atoms with Crippen LogP contribution in [0, 0.1) is 0 Å². The summed E-state index contributed by atoms with van der Waals surface area (Å²) in [6.07, 6.45) is 3.22. The summed E-state index contributed by atoms with van der Waals surface area (Å²) in [5, 5.41) is 1.74. The molecule has 0 bridgehead atoms. The summed E-state index contributed by atoms with van der Waals surface area (Å²) in [6.45, 7) is 0. The van der Waals surface area contributed by atoms with Crippen molar-refractivity contribution < 1.29 is 4.79 Å². The highest BCUT2D eigenvalue weighted by molar-refractivity contribution is 6.37.